The fourth-order valence-corrected chi connectivity index (χ4v) is 2.40. The van der Waals surface area contributed by atoms with E-state index in [-0.39, 0.29) is 11.8 Å². The van der Waals surface area contributed by atoms with Gasteiger partial charge in [0.15, 0.2) is 5.60 Å². The van der Waals surface area contributed by atoms with Crippen molar-refractivity contribution in [2.24, 2.45) is 5.41 Å². The molecule has 6 heteroatoms. The van der Waals surface area contributed by atoms with E-state index in [0.717, 1.165) is 0 Å². The first-order valence-corrected chi connectivity index (χ1v) is 6.81. The standard InChI is InChI=1S/C14H25NO5/c1-12(2,3)20-11(18)15-9-8-13(4,5)6-7-14(9,19)10(16)17/h9,19H,6-8H2,1-5H3,(H,15,18)(H,16,17). The number of carboxylic acids is 1. The van der Waals surface area contributed by atoms with Crippen LogP contribution in [0.5, 0.6) is 0 Å². The van der Waals surface area contributed by atoms with Gasteiger partial charge >= 0.3 is 12.1 Å². The molecule has 1 aliphatic carbocycles. The molecule has 1 saturated carbocycles. The molecule has 2 unspecified atom stereocenters. The van der Waals surface area contributed by atoms with Gasteiger partial charge in [-0.25, -0.2) is 9.59 Å². The summed E-state index contributed by atoms with van der Waals surface area (Å²) < 4.78 is 5.13. The van der Waals surface area contributed by atoms with E-state index in [2.05, 4.69) is 5.32 Å². The van der Waals surface area contributed by atoms with Crippen LogP contribution >= 0.6 is 0 Å². The Morgan fingerprint density at radius 2 is 1.80 bits per heavy atom. The first kappa shape index (κ1) is 16.8. The monoisotopic (exact) mass is 287 g/mol. The van der Waals surface area contributed by atoms with Crippen molar-refractivity contribution in [1.82, 2.24) is 5.32 Å². The van der Waals surface area contributed by atoms with Crippen molar-refractivity contribution >= 4 is 12.1 Å². The van der Waals surface area contributed by atoms with E-state index in [1.165, 1.54) is 0 Å². The van der Waals surface area contributed by atoms with Crippen LogP contribution in [0.25, 0.3) is 0 Å². The lowest BCUT2D eigenvalue weighted by atomic mass is 9.68. The first-order valence-electron chi connectivity index (χ1n) is 6.81. The second kappa shape index (κ2) is 5.24. The lowest BCUT2D eigenvalue weighted by molar-refractivity contribution is -0.168. The number of hydrogen-bond acceptors (Lipinski definition) is 4. The summed E-state index contributed by atoms with van der Waals surface area (Å²) in [7, 11) is 0. The minimum Gasteiger partial charge on any atom is -0.479 e. The fraction of sp³-hybridized carbons (Fsp3) is 0.857. The summed E-state index contributed by atoms with van der Waals surface area (Å²) in [6.45, 7) is 9.14. The van der Waals surface area contributed by atoms with Crippen molar-refractivity contribution in [1.29, 1.82) is 0 Å². The number of carbonyl (C=O) groups excluding carboxylic acids is 1. The minimum absolute atomic E-state index is 0.107. The van der Waals surface area contributed by atoms with Crippen molar-refractivity contribution < 1.29 is 24.5 Å². The number of amides is 1. The summed E-state index contributed by atoms with van der Waals surface area (Å²) >= 11 is 0. The van der Waals surface area contributed by atoms with E-state index < -0.39 is 29.3 Å². The van der Waals surface area contributed by atoms with Gasteiger partial charge in [-0.2, -0.15) is 0 Å². The number of nitrogens with one attached hydrogen (secondary N) is 1. The highest BCUT2D eigenvalue weighted by Gasteiger charge is 2.51. The second-order valence-electron chi connectivity index (χ2n) is 7.30. The molecule has 1 fully saturated rings. The zero-order valence-electron chi connectivity index (χ0n) is 12.8. The zero-order valence-corrected chi connectivity index (χ0v) is 12.8. The number of carbonyl (C=O) groups is 2. The van der Waals surface area contributed by atoms with Crippen molar-refractivity contribution in [2.75, 3.05) is 0 Å². The topological polar surface area (TPSA) is 95.9 Å². The SMILES string of the molecule is CC1(C)CCC(O)(C(=O)O)C(NC(=O)OC(C)(C)C)C1. The van der Waals surface area contributed by atoms with Gasteiger partial charge in [0, 0.05) is 0 Å². The molecule has 1 rings (SSSR count). The molecule has 6 nitrogen and oxygen atoms in total. The molecule has 20 heavy (non-hydrogen) atoms. The third kappa shape index (κ3) is 4.10. The number of aliphatic hydroxyl groups is 1. The van der Waals surface area contributed by atoms with Crippen LogP contribution in [0.15, 0.2) is 0 Å². The van der Waals surface area contributed by atoms with Gasteiger partial charge in [-0.3, -0.25) is 0 Å². The van der Waals surface area contributed by atoms with E-state index in [1.54, 1.807) is 20.8 Å². The van der Waals surface area contributed by atoms with Gasteiger partial charge in [-0.15, -0.1) is 0 Å². The molecule has 0 aromatic heterocycles. The van der Waals surface area contributed by atoms with Crippen LogP contribution in [-0.4, -0.2) is 39.5 Å². The molecular formula is C14H25NO5. The molecule has 0 bridgehead atoms. The van der Waals surface area contributed by atoms with Gasteiger partial charge < -0.3 is 20.3 Å². The van der Waals surface area contributed by atoms with E-state index in [1.807, 2.05) is 13.8 Å². The predicted molar refractivity (Wildman–Crippen MR) is 73.4 cm³/mol. The smallest absolute Gasteiger partial charge is 0.407 e. The number of aliphatic carboxylic acids is 1. The Hall–Kier alpha value is -1.30. The summed E-state index contributed by atoms with van der Waals surface area (Å²) in [5, 5.41) is 22.1. The Kier molecular flexibility index (Phi) is 4.39. The second-order valence-corrected chi connectivity index (χ2v) is 7.30. The van der Waals surface area contributed by atoms with Crippen molar-refractivity contribution in [3.05, 3.63) is 0 Å². The van der Waals surface area contributed by atoms with Crippen molar-refractivity contribution in [2.45, 2.75) is 71.1 Å². The van der Waals surface area contributed by atoms with Crippen LogP contribution in [0.2, 0.25) is 0 Å². The van der Waals surface area contributed by atoms with E-state index in [9.17, 15) is 19.8 Å². The van der Waals surface area contributed by atoms with Crippen LogP contribution in [-0.2, 0) is 9.53 Å². The van der Waals surface area contributed by atoms with Gasteiger partial charge in [0.2, 0.25) is 0 Å². The Bertz CT molecular complexity index is 399. The van der Waals surface area contributed by atoms with Gasteiger partial charge in [0.1, 0.15) is 5.60 Å². The number of hydrogen-bond donors (Lipinski definition) is 3. The average Bonchev–Trinajstić information content (AvgIpc) is 2.20. The number of alkyl carbamates (subject to hydrolysis) is 1. The highest BCUT2D eigenvalue weighted by Crippen LogP contribution is 2.40. The van der Waals surface area contributed by atoms with Gasteiger partial charge in [0.25, 0.3) is 0 Å². The molecule has 2 atom stereocenters. The van der Waals surface area contributed by atoms with Gasteiger partial charge in [-0.1, -0.05) is 13.8 Å². The lowest BCUT2D eigenvalue weighted by Gasteiger charge is -2.44. The molecule has 1 amide bonds. The van der Waals surface area contributed by atoms with Crippen LogP contribution in [0.1, 0.15) is 53.9 Å². The largest absolute Gasteiger partial charge is 0.479 e. The molecule has 0 aliphatic heterocycles. The summed E-state index contributed by atoms with van der Waals surface area (Å²) in [5.41, 5.74) is -2.75. The third-order valence-corrected chi connectivity index (χ3v) is 3.58. The zero-order chi connectivity index (χ0) is 15.8. The molecular weight excluding hydrogens is 262 g/mol. The van der Waals surface area contributed by atoms with Crippen LogP contribution < -0.4 is 5.32 Å². The van der Waals surface area contributed by atoms with E-state index in [0.29, 0.717) is 12.8 Å². The molecule has 116 valence electrons. The Balaban J connectivity index is 2.85. The molecule has 0 radical (unpaired) electrons. The summed E-state index contributed by atoms with van der Waals surface area (Å²) in [5.74, 6) is -1.31. The predicted octanol–water partition coefficient (Wildman–Crippen LogP) is 1.91. The lowest BCUT2D eigenvalue weighted by Crippen LogP contribution is -2.61. The Morgan fingerprint density at radius 3 is 2.25 bits per heavy atom. The molecule has 0 heterocycles. The summed E-state index contributed by atoms with van der Waals surface area (Å²) in [6.07, 6.45) is 0.368. The molecule has 0 aromatic rings. The highest BCUT2D eigenvalue weighted by molar-refractivity contribution is 5.80. The maximum Gasteiger partial charge on any atom is 0.407 e. The third-order valence-electron chi connectivity index (χ3n) is 3.58. The van der Waals surface area contributed by atoms with Crippen molar-refractivity contribution in [3.8, 4) is 0 Å². The quantitative estimate of drug-likeness (QED) is 0.721. The minimum atomic E-state index is -1.94. The molecule has 0 saturated heterocycles. The van der Waals surface area contributed by atoms with Crippen molar-refractivity contribution in [3.63, 3.8) is 0 Å². The van der Waals surface area contributed by atoms with Crippen LogP contribution in [0.3, 0.4) is 0 Å². The summed E-state index contributed by atoms with van der Waals surface area (Å²) in [4.78, 5) is 23.1. The maximum atomic E-state index is 11.8. The number of carboxylic acid groups (broad SMARTS) is 1. The average molecular weight is 287 g/mol. The van der Waals surface area contributed by atoms with Gasteiger partial charge in [0.05, 0.1) is 6.04 Å². The molecule has 3 N–H and O–H groups in total. The van der Waals surface area contributed by atoms with Crippen LogP contribution in [0.4, 0.5) is 4.79 Å². The molecule has 1 aliphatic rings. The highest BCUT2D eigenvalue weighted by atomic mass is 16.6. The fourth-order valence-electron chi connectivity index (χ4n) is 2.40. The normalized spacial score (nSPS) is 29.6. The maximum absolute atomic E-state index is 11.8. The van der Waals surface area contributed by atoms with Gasteiger partial charge in [-0.05, 0) is 45.4 Å². The Labute approximate surface area is 119 Å². The number of ether oxygens (including phenoxy) is 1. The summed E-state index contributed by atoms with van der Waals surface area (Å²) in [6, 6.07) is -0.862. The van der Waals surface area contributed by atoms with Crippen LogP contribution in [0, 0.1) is 5.41 Å². The first-order chi connectivity index (χ1) is 8.86. The molecule has 0 spiro atoms. The van der Waals surface area contributed by atoms with E-state index in [4.69, 9.17) is 4.74 Å². The molecule has 0 aromatic carbocycles. The number of rotatable bonds is 2. The van der Waals surface area contributed by atoms with E-state index >= 15 is 0 Å². The Morgan fingerprint density at radius 1 is 1.25 bits per heavy atom.